The predicted octanol–water partition coefficient (Wildman–Crippen LogP) is 8.25. The average molecular weight is 478 g/mol. The molecule has 156 valence electrons. The summed E-state index contributed by atoms with van der Waals surface area (Å²) in [5, 5.41) is 0. The number of hydrogen-bond donors (Lipinski definition) is 0. The van der Waals surface area contributed by atoms with E-state index in [4.69, 9.17) is 9.05 Å². The monoisotopic (exact) mass is 476 g/mol. The number of unbranched alkanes of at least 4 members (excludes halogenated alkanes) is 1. The molecule has 3 nitrogen and oxygen atoms in total. The molecule has 2 fully saturated rings. The predicted molar refractivity (Wildman–Crippen MR) is 113 cm³/mol. The van der Waals surface area contributed by atoms with Crippen LogP contribution < -0.4 is 0 Å². The summed E-state index contributed by atoms with van der Waals surface area (Å²) in [5.41, 5.74) is 0.937. The van der Waals surface area contributed by atoms with Crippen molar-refractivity contribution in [3.63, 3.8) is 0 Å². The molecule has 2 saturated carbocycles. The Bertz CT molecular complexity index is 343. The van der Waals surface area contributed by atoms with Crippen LogP contribution in [-0.4, -0.2) is 13.2 Å². The van der Waals surface area contributed by atoms with Gasteiger partial charge in [-0.1, -0.05) is 90.4 Å². The van der Waals surface area contributed by atoms with E-state index in [0.29, 0.717) is 19.6 Å². The number of hydrogen-bond acceptors (Lipinski definition) is 3. The maximum Gasteiger partial charge on any atom is 4.00 e. The summed E-state index contributed by atoms with van der Waals surface area (Å²) in [7, 11) is -3.16. The molecule has 5 heteroatoms. The van der Waals surface area contributed by atoms with Gasteiger partial charge in [-0.2, -0.15) is 6.42 Å². The van der Waals surface area contributed by atoms with E-state index < -0.39 is 7.60 Å². The fourth-order valence-corrected chi connectivity index (χ4v) is 4.52. The quantitative estimate of drug-likeness (QED) is 0.248. The molecule has 0 radical (unpaired) electrons. The van der Waals surface area contributed by atoms with E-state index >= 15 is 0 Å². The molecule has 0 atom stereocenters. The Morgan fingerprint density at radius 3 is 1.48 bits per heavy atom. The third kappa shape index (κ3) is 18.5. The van der Waals surface area contributed by atoms with Crippen LogP contribution in [0.3, 0.4) is 0 Å². The van der Waals surface area contributed by atoms with Gasteiger partial charge < -0.3 is 21.8 Å². The zero-order valence-corrected chi connectivity index (χ0v) is 21.5. The number of rotatable bonds is 9. The molecule has 0 aromatic carbocycles. The Hall–Kier alpha value is 0.773. The summed E-state index contributed by atoms with van der Waals surface area (Å²) >= 11 is 0. The van der Waals surface area contributed by atoms with Crippen molar-refractivity contribution < 1.29 is 39.8 Å². The van der Waals surface area contributed by atoms with Gasteiger partial charge in [-0.25, -0.2) is 0 Å². The zero-order chi connectivity index (χ0) is 19.5. The molecule has 0 bridgehead atoms. The standard InChI is InChI=1S/C12H23O3P.2C5H10.Zr/c1-5-9-10-12(6-2)11-16(13,14-7-3)15-8-4;2*1-2-4-5-3-1;/h2,5-10H2,1,3-4H3;2*1-5H2;/q-2;;;+4. The number of allylic oxidation sites excluding steroid dienone is 1. The van der Waals surface area contributed by atoms with E-state index in [9.17, 15) is 4.57 Å². The van der Waals surface area contributed by atoms with E-state index in [1.54, 1.807) is 13.8 Å². The van der Waals surface area contributed by atoms with E-state index in [2.05, 4.69) is 19.7 Å². The molecule has 0 aliphatic heterocycles. The molecule has 2 aliphatic rings. The van der Waals surface area contributed by atoms with Crippen LogP contribution in [-0.2, 0) is 39.8 Å². The van der Waals surface area contributed by atoms with E-state index in [1.807, 2.05) is 0 Å². The first-order chi connectivity index (χ1) is 12.6. The van der Waals surface area contributed by atoms with Crippen LogP contribution in [0.4, 0.5) is 0 Å². The van der Waals surface area contributed by atoms with Gasteiger partial charge in [0, 0.05) is 0 Å². The second-order valence-corrected chi connectivity index (χ2v) is 8.67. The van der Waals surface area contributed by atoms with E-state index in [1.165, 1.54) is 64.2 Å². The van der Waals surface area contributed by atoms with Gasteiger partial charge in [0.25, 0.3) is 0 Å². The van der Waals surface area contributed by atoms with Crippen molar-refractivity contribution in [1.82, 2.24) is 0 Å². The van der Waals surface area contributed by atoms with Crippen molar-refractivity contribution in [2.45, 2.75) is 111 Å². The van der Waals surface area contributed by atoms with Gasteiger partial charge in [0.2, 0.25) is 0 Å². The molecular formula is C22H43O3PZr+2. The Kier molecular flexibility index (Phi) is 23.8. The molecule has 0 amide bonds. The van der Waals surface area contributed by atoms with Gasteiger partial charge in [0.15, 0.2) is 7.60 Å². The molecule has 0 unspecified atom stereocenters. The fourth-order valence-electron chi connectivity index (χ4n) is 3.03. The molecule has 0 saturated heterocycles. The van der Waals surface area contributed by atoms with Crippen molar-refractivity contribution in [3.8, 4) is 0 Å². The van der Waals surface area contributed by atoms with Gasteiger partial charge in [-0.15, -0.1) is 0 Å². The van der Waals surface area contributed by atoms with Crippen molar-refractivity contribution in [2.24, 2.45) is 0 Å². The Labute approximate surface area is 189 Å². The maximum absolute atomic E-state index is 12.1. The smallest absolute Gasteiger partial charge is 0.374 e. The first-order valence-electron chi connectivity index (χ1n) is 10.9. The normalized spacial score (nSPS) is 16.7. The van der Waals surface area contributed by atoms with Crippen LogP contribution in [0, 0.1) is 12.7 Å². The van der Waals surface area contributed by atoms with Crippen LogP contribution in [0.1, 0.15) is 111 Å². The van der Waals surface area contributed by atoms with Crippen molar-refractivity contribution in [3.05, 3.63) is 18.3 Å². The van der Waals surface area contributed by atoms with E-state index in [0.717, 1.165) is 24.8 Å². The van der Waals surface area contributed by atoms with Gasteiger partial charge in [0.05, 0.1) is 13.2 Å². The third-order valence-electron chi connectivity index (χ3n) is 4.53. The Morgan fingerprint density at radius 2 is 1.22 bits per heavy atom. The molecule has 2 rings (SSSR count). The molecule has 0 spiro atoms. The minimum Gasteiger partial charge on any atom is -0.374 e. The second kappa shape index (κ2) is 21.5. The summed E-state index contributed by atoms with van der Waals surface area (Å²) in [6.07, 6.45) is 18.6. The fraction of sp³-hybridized carbons (Fsp3) is 0.864. The van der Waals surface area contributed by atoms with Crippen LogP contribution in [0.25, 0.3) is 0 Å². The third-order valence-corrected chi connectivity index (χ3v) is 6.31. The molecular weight excluding hydrogens is 434 g/mol. The summed E-state index contributed by atoms with van der Waals surface area (Å²) in [6.45, 7) is 10.2. The van der Waals surface area contributed by atoms with Crippen molar-refractivity contribution in [2.75, 3.05) is 13.2 Å². The molecule has 0 N–H and O–H groups in total. The maximum atomic E-state index is 12.1. The summed E-state index contributed by atoms with van der Waals surface area (Å²) in [6, 6.07) is 0. The second-order valence-electron chi connectivity index (χ2n) is 6.94. The molecule has 0 heterocycles. The Morgan fingerprint density at radius 1 is 0.852 bits per heavy atom. The van der Waals surface area contributed by atoms with Crippen LogP contribution in [0.15, 0.2) is 5.57 Å². The summed E-state index contributed by atoms with van der Waals surface area (Å²) in [4.78, 5) is 0. The van der Waals surface area contributed by atoms with Gasteiger partial charge in [0.1, 0.15) is 0 Å². The summed E-state index contributed by atoms with van der Waals surface area (Å²) in [5.74, 6) is 2.88. The van der Waals surface area contributed by atoms with E-state index in [-0.39, 0.29) is 26.2 Å². The largest absolute Gasteiger partial charge is 4.00 e. The molecule has 27 heavy (non-hydrogen) atoms. The molecule has 0 aromatic rings. The van der Waals surface area contributed by atoms with Crippen molar-refractivity contribution in [1.29, 1.82) is 0 Å². The molecule has 0 aromatic heterocycles. The van der Waals surface area contributed by atoms with Gasteiger partial charge in [-0.05, 0) is 13.8 Å². The summed E-state index contributed by atoms with van der Waals surface area (Å²) < 4.78 is 22.5. The molecule has 2 aliphatic carbocycles. The Balaban J connectivity index is 0. The first kappa shape index (κ1) is 30.0. The first-order valence-corrected chi connectivity index (χ1v) is 12.5. The topological polar surface area (TPSA) is 35.5 Å². The minimum absolute atomic E-state index is 0. The van der Waals surface area contributed by atoms with Crippen LogP contribution in [0.5, 0.6) is 0 Å². The van der Waals surface area contributed by atoms with Gasteiger partial charge in [-0.3, -0.25) is 10.1 Å². The minimum atomic E-state index is -3.16. The van der Waals surface area contributed by atoms with Crippen molar-refractivity contribution >= 4 is 7.60 Å². The van der Waals surface area contributed by atoms with Crippen LogP contribution in [0.2, 0.25) is 0 Å². The van der Waals surface area contributed by atoms with Gasteiger partial charge >= 0.3 is 26.2 Å². The SMILES string of the molecule is C1CCCC1.C1CCCC1.[CH2-]CC(=[C-]P(=O)(OCC)OCC)CCCC.[Zr+4]. The van der Waals surface area contributed by atoms with Crippen LogP contribution >= 0.6 is 7.60 Å². The average Bonchev–Trinajstić information content (AvgIpc) is 3.37. The zero-order valence-electron chi connectivity index (χ0n) is 18.2.